The van der Waals surface area contributed by atoms with Gasteiger partial charge in [-0.1, -0.05) is 17.7 Å². The van der Waals surface area contributed by atoms with Gasteiger partial charge in [-0.15, -0.1) is 0 Å². The van der Waals surface area contributed by atoms with Crippen LogP contribution in [-0.2, 0) is 14.4 Å². The molecule has 1 heterocycles. The van der Waals surface area contributed by atoms with E-state index in [2.05, 4.69) is 0 Å². The normalized spacial score (nSPS) is 17.2. The lowest BCUT2D eigenvalue weighted by Gasteiger charge is -2.23. The molecule has 1 atom stereocenters. The molecule has 1 aliphatic rings. The van der Waals surface area contributed by atoms with E-state index in [1.165, 1.54) is 4.90 Å². The molecule has 1 unspecified atom stereocenters. The van der Waals surface area contributed by atoms with Gasteiger partial charge in [0.1, 0.15) is 0 Å². The number of hydrogen-bond donors (Lipinski definition) is 1. The lowest BCUT2D eigenvalue weighted by atomic mass is 10.0. The maximum atomic E-state index is 12.5. The number of benzene rings is 1. The van der Waals surface area contributed by atoms with Crippen LogP contribution in [0.5, 0.6) is 0 Å². The van der Waals surface area contributed by atoms with Crippen LogP contribution in [0.25, 0.3) is 0 Å². The number of carboxylic acid groups (broad SMARTS) is 1. The van der Waals surface area contributed by atoms with Crippen molar-refractivity contribution in [2.45, 2.75) is 33.6 Å². The summed E-state index contributed by atoms with van der Waals surface area (Å²) in [5, 5.41) is 8.73. The minimum absolute atomic E-state index is 0.0602. The third-order valence-corrected chi connectivity index (χ3v) is 4.42. The average molecular weight is 332 g/mol. The molecule has 1 aliphatic heterocycles. The number of aliphatic carboxylic acids is 1. The lowest BCUT2D eigenvalue weighted by molar-refractivity contribution is -0.139. The number of carboxylic acids is 1. The summed E-state index contributed by atoms with van der Waals surface area (Å²) < 4.78 is 0. The highest BCUT2D eigenvalue weighted by Crippen LogP contribution is 2.32. The number of anilines is 1. The molecule has 0 aromatic heterocycles. The fraction of sp³-hybridized carbons (Fsp3) is 0.500. The van der Waals surface area contributed by atoms with Crippen LogP contribution in [-0.4, -0.2) is 47.9 Å². The molecule has 1 aromatic rings. The van der Waals surface area contributed by atoms with Crippen LogP contribution in [0.1, 0.15) is 29.5 Å². The van der Waals surface area contributed by atoms with Crippen LogP contribution in [0.15, 0.2) is 12.1 Å². The molecular formula is C18H24N2O4. The quantitative estimate of drug-likeness (QED) is 0.893. The molecule has 6 nitrogen and oxygen atoms in total. The average Bonchev–Trinajstić information content (AvgIpc) is 2.84. The number of rotatable bonds is 5. The lowest BCUT2D eigenvalue weighted by Crippen LogP contribution is -2.36. The van der Waals surface area contributed by atoms with E-state index in [-0.39, 0.29) is 31.2 Å². The highest BCUT2D eigenvalue weighted by molar-refractivity contribution is 6.01. The summed E-state index contributed by atoms with van der Waals surface area (Å²) in [5.41, 5.74) is 4.07. The fourth-order valence-corrected chi connectivity index (χ4v) is 3.37. The van der Waals surface area contributed by atoms with E-state index in [1.807, 2.05) is 32.9 Å². The Hall–Kier alpha value is -2.37. The van der Waals surface area contributed by atoms with Gasteiger partial charge in [-0.25, -0.2) is 0 Å². The Morgan fingerprint density at radius 3 is 2.38 bits per heavy atom. The second-order valence-electron chi connectivity index (χ2n) is 6.56. The molecule has 1 fully saturated rings. The maximum absolute atomic E-state index is 12.5. The molecule has 2 rings (SSSR count). The number of carbonyl (C=O) groups excluding carboxylic acids is 2. The van der Waals surface area contributed by atoms with E-state index in [1.54, 1.807) is 11.9 Å². The smallest absolute Gasteiger partial charge is 0.305 e. The molecule has 0 radical (unpaired) electrons. The van der Waals surface area contributed by atoms with Crippen molar-refractivity contribution in [3.63, 3.8) is 0 Å². The standard InChI is InChI=1S/C18H24N2O4/c1-11-7-12(2)17(13(3)8-11)20-10-14(9-15(20)21)18(24)19(4)6-5-16(22)23/h7-8,14H,5-6,9-10H2,1-4H3,(H,22,23). The summed E-state index contributed by atoms with van der Waals surface area (Å²) in [7, 11) is 1.58. The second kappa shape index (κ2) is 7.03. The molecular weight excluding hydrogens is 308 g/mol. The molecule has 24 heavy (non-hydrogen) atoms. The van der Waals surface area contributed by atoms with Crippen LogP contribution < -0.4 is 4.90 Å². The van der Waals surface area contributed by atoms with Crippen LogP contribution >= 0.6 is 0 Å². The van der Waals surface area contributed by atoms with Crippen molar-refractivity contribution in [3.05, 3.63) is 28.8 Å². The van der Waals surface area contributed by atoms with E-state index in [0.29, 0.717) is 6.54 Å². The Kier molecular flexibility index (Phi) is 5.26. The predicted molar refractivity (Wildman–Crippen MR) is 91.0 cm³/mol. The molecule has 2 amide bonds. The summed E-state index contributed by atoms with van der Waals surface area (Å²) in [6.07, 6.45) is 0.0752. The van der Waals surface area contributed by atoms with Gasteiger partial charge in [0.25, 0.3) is 0 Å². The van der Waals surface area contributed by atoms with Crippen molar-refractivity contribution in [1.82, 2.24) is 4.90 Å². The van der Waals surface area contributed by atoms with E-state index in [4.69, 9.17) is 5.11 Å². The fourth-order valence-electron chi connectivity index (χ4n) is 3.37. The van der Waals surface area contributed by atoms with Gasteiger partial charge in [-0.05, 0) is 31.9 Å². The summed E-state index contributed by atoms with van der Waals surface area (Å²) in [6.45, 7) is 6.45. The SMILES string of the molecule is Cc1cc(C)c(N2CC(C(=O)N(C)CCC(=O)O)CC2=O)c(C)c1. The predicted octanol–water partition coefficient (Wildman–Crippen LogP) is 1.90. The molecule has 1 N–H and O–H groups in total. The van der Waals surface area contributed by atoms with Gasteiger partial charge >= 0.3 is 5.97 Å². The molecule has 1 aromatic carbocycles. The number of hydrogen-bond acceptors (Lipinski definition) is 3. The molecule has 0 aliphatic carbocycles. The van der Waals surface area contributed by atoms with Crippen LogP contribution in [0.2, 0.25) is 0 Å². The van der Waals surface area contributed by atoms with Gasteiger partial charge in [0.2, 0.25) is 11.8 Å². The summed E-state index contributed by atoms with van der Waals surface area (Å²) in [5.74, 6) is -1.59. The first kappa shape index (κ1) is 18.0. The largest absolute Gasteiger partial charge is 0.481 e. The van der Waals surface area contributed by atoms with Gasteiger partial charge in [0.05, 0.1) is 12.3 Å². The number of nitrogens with zero attached hydrogens (tertiary/aromatic N) is 2. The Labute approximate surface area is 142 Å². The van der Waals surface area contributed by atoms with Crippen molar-refractivity contribution < 1.29 is 19.5 Å². The molecule has 130 valence electrons. The first-order valence-electron chi connectivity index (χ1n) is 8.05. The summed E-state index contributed by atoms with van der Waals surface area (Å²) in [6, 6.07) is 4.06. The highest BCUT2D eigenvalue weighted by atomic mass is 16.4. The van der Waals surface area contributed by atoms with Crippen molar-refractivity contribution in [1.29, 1.82) is 0 Å². The molecule has 0 saturated carbocycles. The van der Waals surface area contributed by atoms with Gasteiger partial charge < -0.3 is 14.9 Å². The first-order chi connectivity index (χ1) is 11.2. The van der Waals surface area contributed by atoms with Gasteiger partial charge in [0.15, 0.2) is 0 Å². The third-order valence-electron chi connectivity index (χ3n) is 4.42. The first-order valence-corrected chi connectivity index (χ1v) is 8.05. The second-order valence-corrected chi connectivity index (χ2v) is 6.56. The zero-order valence-corrected chi connectivity index (χ0v) is 14.6. The minimum Gasteiger partial charge on any atom is -0.481 e. The van der Waals surface area contributed by atoms with Crippen molar-refractivity contribution in [3.8, 4) is 0 Å². The van der Waals surface area contributed by atoms with E-state index >= 15 is 0 Å². The van der Waals surface area contributed by atoms with Crippen LogP contribution in [0, 0.1) is 26.7 Å². The van der Waals surface area contributed by atoms with Crippen molar-refractivity contribution in [2.24, 2.45) is 5.92 Å². The van der Waals surface area contributed by atoms with E-state index < -0.39 is 11.9 Å². The zero-order chi connectivity index (χ0) is 18.0. The van der Waals surface area contributed by atoms with Gasteiger partial charge in [0, 0.05) is 32.2 Å². The van der Waals surface area contributed by atoms with Gasteiger partial charge in [-0.2, -0.15) is 0 Å². The molecule has 0 spiro atoms. The van der Waals surface area contributed by atoms with Crippen LogP contribution in [0.3, 0.4) is 0 Å². The minimum atomic E-state index is -0.940. The zero-order valence-electron chi connectivity index (χ0n) is 14.6. The number of aryl methyl sites for hydroxylation is 3. The Morgan fingerprint density at radius 2 is 1.83 bits per heavy atom. The van der Waals surface area contributed by atoms with E-state index in [0.717, 1.165) is 22.4 Å². The molecule has 6 heteroatoms. The van der Waals surface area contributed by atoms with E-state index in [9.17, 15) is 14.4 Å². The summed E-state index contributed by atoms with van der Waals surface area (Å²) in [4.78, 5) is 38.6. The van der Waals surface area contributed by atoms with Crippen molar-refractivity contribution >= 4 is 23.5 Å². The van der Waals surface area contributed by atoms with Crippen LogP contribution in [0.4, 0.5) is 5.69 Å². The Morgan fingerprint density at radius 1 is 1.25 bits per heavy atom. The number of amides is 2. The molecule has 1 saturated heterocycles. The number of carbonyl (C=O) groups is 3. The third kappa shape index (κ3) is 3.75. The maximum Gasteiger partial charge on any atom is 0.305 e. The molecule has 0 bridgehead atoms. The highest BCUT2D eigenvalue weighted by Gasteiger charge is 2.37. The van der Waals surface area contributed by atoms with Crippen molar-refractivity contribution in [2.75, 3.05) is 25.0 Å². The summed E-state index contributed by atoms with van der Waals surface area (Å²) >= 11 is 0. The Bertz CT molecular complexity index is 661. The Balaban J connectivity index is 2.14. The monoisotopic (exact) mass is 332 g/mol. The topological polar surface area (TPSA) is 77.9 Å². The van der Waals surface area contributed by atoms with Gasteiger partial charge in [-0.3, -0.25) is 14.4 Å².